The molecule has 2 aromatic carbocycles. The van der Waals surface area contributed by atoms with E-state index in [9.17, 15) is 9.90 Å². The molecule has 3 aromatic rings. The summed E-state index contributed by atoms with van der Waals surface area (Å²) in [6.45, 7) is 2.74. The van der Waals surface area contributed by atoms with Crippen molar-refractivity contribution >= 4 is 21.9 Å². The zero-order chi connectivity index (χ0) is 14.8. The standard InChI is InChI=1S/C17H16O4/c1-2-3-9-20-11-7-8-12-15(10-11)21-14-6-4-5-13(18)16(14)17(12)19/h4-8,10,18H,2-3,9H2,1H3. The minimum atomic E-state index is -0.232. The molecule has 108 valence electrons. The lowest BCUT2D eigenvalue weighted by molar-refractivity contribution is 0.309. The number of rotatable bonds is 4. The Hall–Kier alpha value is -2.49. The summed E-state index contributed by atoms with van der Waals surface area (Å²) in [6, 6.07) is 9.94. The largest absolute Gasteiger partial charge is 0.507 e. The summed E-state index contributed by atoms with van der Waals surface area (Å²) >= 11 is 0. The van der Waals surface area contributed by atoms with Gasteiger partial charge in [0.1, 0.15) is 28.1 Å². The van der Waals surface area contributed by atoms with Crippen LogP contribution in [0.3, 0.4) is 0 Å². The molecular weight excluding hydrogens is 268 g/mol. The first-order valence-corrected chi connectivity index (χ1v) is 7.02. The van der Waals surface area contributed by atoms with Crippen LogP contribution in [0, 0.1) is 0 Å². The highest BCUT2D eigenvalue weighted by atomic mass is 16.5. The molecule has 1 N–H and O–H groups in total. The number of unbranched alkanes of at least 4 members (excludes halogenated alkanes) is 1. The van der Waals surface area contributed by atoms with Crippen molar-refractivity contribution in [3.63, 3.8) is 0 Å². The molecule has 0 atom stereocenters. The highest BCUT2D eigenvalue weighted by Gasteiger charge is 2.11. The molecule has 21 heavy (non-hydrogen) atoms. The number of phenols is 1. The molecule has 1 aromatic heterocycles. The lowest BCUT2D eigenvalue weighted by Crippen LogP contribution is -2.03. The highest BCUT2D eigenvalue weighted by molar-refractivity contribution is 5.93. The van der Waals surface area contributed by atoms with Crippen molar-refractivity contribution < 1.29 is 14.3 Å². The predicted octanol–water partition coefficient (Wildman–Crippen LogP) is 3.83. The number of benzene rings is 2. The van der Waals surface area contributed by atoms with Gasteiger partial charge >= 0.3 is 0 Å². The lowest BCUT2D eigenvalue weighted by Gasteiger charge is -2.07. The van der Waals surface area contributed by atoms with E-state index in [1.807, 2.05) is 0 Å². The maximum Gasteiger partial charge on any atom is 0.204 e. The molecule has 0 fully saturated rings. The van der Waals surface area contributed by atoms with E-state index in [0.717, 1.165) is 12.8 Å². The summed E-state index contributed by atoms with van der Waals surface area (Å²) < 4.78 is 11.3. The van der Waals surface area contributed by atoms with Crippen molar-refractivity contribution in [1.82, 2.24) is 0 Å². The Bertz CT molecular complexity index is 848. The van der Waals surface area contributed by atoms with Crippen molar-refractivity contribution in [1.29, 1.82) is 0 Å². The van der Waals surface area contributed by atoms with Gasteiger partial charge in [-0.05, 0) is 30.7 Å². The van der Waals surface area contributed by atoms with Crippen LogP contribution in [-0.4, -0.2) is 11.7 Å². The van der Waals surface area contributed by atoms with Gasteiger partial charge in [0.05, 0.1) is 12.0 Å². The Balaban J connectivity index is 2.14. The monoisotopic (exact) mass is 284 g/mol. The zero-order valence-corrected chi connectivity index (χ0v) is 11.8. The first kappa shape index (κ1) is 13.5. The lowest BCUT2D eigenvalue weighted by atomic mass is 10.1. The molecule has 3 rings (SSSR count). The molecule has 0 amide bonds. The van der Waals surface area contributed by atoms with Crippen LogP contribution < -0.4 is 10.2 Å². The SMILES string of the molecule is CCCCOc1ccc2c(=O)c3c(O)cccc3oc2c1. The topological polar surface area (TPSA) is 59.7 Å². The smallest absolute Gasteiger partial charge is 0.204 e. The normalized spacial score (nSPS) is 11.1. The van der Waals surface area contributed by atoms with Crippen LogP contribution in [-0.2, 0) is 0 Å². The van der Waals surface area contributed by atoms with Gasteiger partial charge in [-0.15, -0.1) is 0 Å². The molecule has 4 heteroatoms. The minimum Gasteiger partial charge on any atom is -0.507 e. The number of hydrogen-bond donors (Lipinski definition) is 1. The van der Waals surface area contributed by atoms with E-state index in [1.165, 1.54) is 6.07 Å². The average Bonchev–Trinajstić information content (AvgIpc) is 2.47. The van der Waals surface area contributed by atoms with Crippen LogP contribution in [0.4, 0.5) is 0 Å². The number of hydrogen-bond acceptors (Lipinski definition) is 4. The van der Waals surface area contributed by atoms with E-state index in [1.54, 1.807) is 30.3 Å². The summed E-state index contributed by atoms with van der Waals surface area (Å²) in [4.78, 5) is 12.4. The molecule has 0 saturated heterocycles. The van der Waals surface area contributed by atoms with Crippen LogP contribution in [0.15, 0.2) is 45.6 Å². The number of phenolic OH excluding ortho intramolecular Hbond substituents is 1. The molecule has 0 radical (unpaired) electrons. The quantitative estimate of drug-likeness (QED) is 0.584. The summed E-state index contributed by atoms with van der Waals surface area (Å²) in [6.07, 6.45) is 2.04. The summed E-state index contributed by atoms with van der Waals surface area (Å²) in [7, 11) is 0. The van der Waals surface area contributed by atoms with Crippen molar-refractivity contribution in [2.75, 3.05) is 6.61 Å². The average molecular weight is 284 g/mol. The third-order valence-electron chi connectivity index (χ3n) is 3.42. The van der Waals surface area contributed by atoms with E-state index >= 15 is 0 Å². The van der Waals surface area contributed by atoms with E-state index < -0.39 is 0 Å². The van der Waals surface area contributed by atoms with Crippen LogP contribution >= 0.6 is 0 Å². The van der Waals surface area contributed by atoms with Gasteiger partial charge in [0.15, 0.2) is 0 Å². The molecule has 4 nitrogen and oxygen atoms in total. The van der Waals surface area contributed by atoms with E-state index in [-0.39, 0.29) is 16.6 Å². The second-order valence-corrected chi connectivity index (χ2v) is 4.94. The first-order valence-electron chi connectivity index (χ1n) is 7.02. The molecule has 0 unspecified atom stereocenters. The van der Waals surface area contributed by atoms with E-state index in [4.69, 9.17) is 9.15 Å². The van der Waals surface area contributed by atoms with Gasteiger partial charge < -0.3 is 14.3 Å². The third kappa shape index (κ3) is 2.44. The summed E-state index contributed by atoms with van der Waals surface area (Å²) in [5.74, 6) is 0.616. The first-order chi connectivity index (χ1) is 10.2. The number of fused-ring (bicyclic) bond motifs is 2. The molecule has 0 spiro atoms. The molecule has 0 aliphatic rings. The predicted molar refractivity (Wildman–Crippen MR) is 82.1 cm³/mol. The van der Waals surface area contributed by atoms with Gasteiger partial charge in [0.25, 0.3) is 0 Å². The highest BCUT2D eigenvalue weighted by Crippen LogP contribution is 2.27. The molecule has 0 bridgehead atoms. The Morgan fingerprint density at radius 1 is 1.19 bits per heavy atom. The second kappa shape index (κ2) is 5.48. The number of aromatic hydroxyl groups is 1. The van der Waals surface area contributed by atoms with Crippen LogP contribution in [0.1, 0.15) is 19.8 Å². The second-order valence-electron chi connectivity index (χ2n) is 4.94. The van der Waals surface area contributed by atoms with Gasteiger partial charge in [-0.1, -0.05) is 19.4 Å². The maximum atomic E-state index is 12.4. The van der Waals surface area contributed by atoms with Crippen LogP contribution in [0.2, 0.25) is 0 Å². The van der Waals surface area contributed by atoms with E-state index in [0.29, 0.717) is 28.9 Å². The van der Waals surface area contributed by atoms with Crippen molar-refractivity contribution in [2.24, 2.45) is 0 Å². The van der Waals surface area contributed by atoms with Crippen LogP contribution in [0.5, 0.6) is 11.5 Å². The molecule has 0 aliphatic heterocycles. The Morgan fingerprint density at radius 2 is 2.05 bits per heavy atom. The van der Waals surface area contributed by atoms with Gasteiger partial charge in [-0.25, -0.2) is 0 Å². The van der Waals surface area contributed by atoms with Gasteiger partial charge in [-0.3, -0.25) is 4.79 Å². The fourth-order valence-electron chi connectivity index (χ4n) is 2.28. The minimum absolute atomic E-state index is 0.0635. The molecule has 0 aliphatic carbocycles. The molecule has 0 saturated carbocycles. The van der Waals surface area contributed by atoms with Gasteiger partial charge in [0, 0.05) is 6.07 Å². The molecule has 1 heterocycles. The van der Waals surface area contributed by atoms with E-state index in [2.05, 4.69) is 6.92 Å². The van der Waals surface area contributed by atoms with Crippen molar-refractivity contribution in [2.45, 2.75) is 19.8 Å². The van der Waals surface area contributed by atoms with Gasteiger partial charge in [-0.2, -0.15) is 0 Å². The summed E-state index contributed by atoms with van der Waals surface area (Å²) in [5.41, 5.74) is 0.606. The fourth-order valence-corrected chi connectivity index (χ4v) is 2.28. The Kier molecular flexibility index (Phi) is 3.52. The third-order valence-corrected chi connectivity index (χ3v) is 3.42. The van der Waals surface area contributed by atoms with Crippen LogP contribution in [0.25, 0.3) is 21.9 Å². The summed E-state index contributed by atoms with van der Waals surface area (Å²) in [5, 5.41) is 10.5. The fraction of sp³-hybridized carbons (Fsp3) is 0.235. The van der Waals surface area contributed by atoms with Crippen molar-refractivity contribution in [3.05, 3.63) is 46.6 Å². The Labute approximate surface area is 121 Å². The zero-order valence-electron chi connectivity index (χ0n) is 11.8. The molecular formula is C17H16O4. The maximum absolute atomic E-state index is 12.4. The van der Waals surface area contributed by atoms with Crippen molar-refractivity contribution in [3.8, 4) is 11.5 Å². The number of ether oxygens (including phenoxy) is 1. The van der Waals surface area contributed by atoms with Gasteiger partial charge in [0.2, 0.25) is 5.43 Å². The Morgan fingerprint density at radius 3 is 2.86 bits per heavy atom.